The highest BCUT2D eigenvalue weighted by Gasteiger charge is 2.13. The van der Waals surface area contributed by atoms with Crippen LogP contribution in [0.2, 0.25) is 0 Å². The van der Waals surface area contributed by atoms with E-state index in [0.717, 1.165) is 0 Å². The number of nitrogens with zero attached hydrogens (tertiary/aromatic N) is 3. The molecule has 0 aliphatic heterocycles. The smallest absolute Gasteiger partial charge is 0.254 e. The van der Waals surface area contributed by atoms with Crippen LogP contribution in [0.3, 0.4) is 0 Å². The monoisotopic (exact) mass is 287 g/mol. The third kappa shape index (κ3) is 3.64. The minimum atomic E-state index is -0.608. The van der Waals surface area contributed by atoms with Crippen LogP contribution in [-0.4, -0.2) is 27.2 Å². The highest BCUT2D eigenvalue weighted by molar-refractivity contribution is 5.94. The zero-order chi connectivity index (χ0) is 15.2. The maximum atomic E-state index is 13.7. The molecule has 0 aliphatic rings. The molecule has 0 spiro atoms. The first-order valence-electron chi connectivity index (χ1n) is 6.21. The van der Waals surface area contributed by atoms with Crippen LogP contribution < -0.4 is 11.1 Å². The van der Waals surface area contributed by atoms with E-state index in [-0.39, 0.29) is 18.7 Å². The van der Waals surface area contributed by atoms with Crippen LogP contribution in [0.5, 0.6) is 0 Å². The number of nitrogens with two attached hydrogens (primary N) is 1. The summed E-state index contributed by atoms with van der Waals surface area (Å²) in [6, 6.07) is 4.10. The Labute approximate surface area is 121 Å². The summed E-state index contributed by atoms with van der Waals surface area (Å²) in [5.41, 5.74) is 5.74. The zero-order valence-corrected chi connectivity index (χ0v) is 11.4. The van der Waals surface area contributed by atoms with Crippen LogP contribution in [0, 0.1) is 17.7 Å². The van der Waals surface area contributed by atoms with Gasteiger partial charge in [0.15, 0.2) is 5.82 Å². The average molecular weight is 287 g/mol. The Morgan fingerprint density at radius 1 is 1.52 bits per heavy atom. The zero-order valence-electron chi connectivity index (χ0n) is 11.4. The fraction of sp³-hybridized carbons (Fsp3) is 0.214. The molecule has 0 aliphatic carbocycles. The molecule has 7 heteroatoms. The average Bonchev–Trinajstić information content (AvgIpc) is 2.89. The summed E-state index contributed by atoms with van der Waals surface area (Å²) in [5.74, 6) is 4.84. The number of nitrogens with one attached hydrogen (secondary N) is 1. The van der Waals surface area contributed by atoms with Gasteiger partial charge in [-0.3, -0.25) is 4.79 Å². The first kappa shape index (κ1) is 14.7. The predicted molar refractivity (Wildman–Crippen MR) is 74.5 cm³/mol. The lowest BCUT2D eigenvalue weighted by Crippen LogP contribution is -2.25. The van der Waals surface area contributed by atoms with E-state index in [9.17, 15) is 9.18 Å². The van der Waals surface area contributed by atoms with Crippen LogP contribution >= 0.6 is 0 Å². The molecule has 0 unspecified atom stereocenters. The molecule has 2 rings (SSSR count). The lowest BCUT2D eigenvalue weighted by atomic mass is 10.1. The highest BCUT2D eigenvalue weighted by atomic mass is 19.1. The van der Waals surface area contributed by atoms with Gasteiger partial charge in [0, 0.05) is 12.6 Å². The van der Waals surface area contributed by atoms with Gasteiger partial charge in [0.1, 0.15) is 12.1 Å². The maximum absolute atomic E-state index is 13.7. The topological polar surface area (TPSA) is 85.8 Å². The summed E-state index contributed by atoms with van der Waals surface area (Å²) in [6.07, 6.45) is 1.52. The van der Waals surface area contributed by atoms with E-state index < -0.39 is 11.7 Å². The summed E-state index contributed by atoms with van der Waals surface area (Å²) in [7, 11) is 1.76. The van der Waals surface area contributed by atoms with E-state index in [1.54, 1.807) is 11.6 Å². The van der Waals surface area contributed by atoms with Crippen LogP contribution in [0.25, 0.3) is 0 Å². The van der Waals surface area contributed by atoms with Gasteiger partial charge < -0.3 is 15.6 Å². The largest absolute Gasteiger partial charge is 0.345 e. The van der Waals surface area contributed by atoms with Crippen molar-refractivity contribution < 1.29 is 9.18 Å². The van der Waals surface area contributed by atoms with E-state index in [1.165, 1.54) is 24.5 Å². The molecule has 6 nitrogen and oxygen atoms in total. The number of benzene rings is 1. The van der Waals surface area contributed by atoms with Gasteiger partial charge in [0.25, 0.3) is 5.91 Å². The standard InChI is InChI=1S/C14H14FN5O/c1-20-9-18-19-13(20)8-17-14(21)11-7-10(3-2-6-16)4-5-12(11)15/h4-5,7,9H,6,8,16H2,1H3,(H,17,21). The molecule has 1 heterocycles. The summed E-state index contributed by atoms with van der Waals surface area (Å²) < 4.78 is 15.4. The number of amides is 1. The molecule has 108 valence electrons. The molecule has 0 saturated carbocycles. The van der Waals surface area contributed by atoms with Gasteiger partial charge in [-0.15, -0.1) is 10.2 Å². The molecule has 0 bridgehead atoms. The number of hydrogen-bond donors (Lipinski definition) is 2. The van der Waals surface area contributed by atoms with Gasteiger partial charge in [-0.25, -0.2) is 4.39 Å². The van der Waals surface area contributed by atoms with Crippen molar-refractivity contribution in [1.82, 2.24) is 20.1 Å². The second kappa shape index (κ2) is 6.63. The molecule has 21 heavy (non-hydrogen) atoms. The van der Waals surface area contributed by atoms with Gasteiger partial charge in [-0.2, -0.15) is 0 Å². The van der Waals surface area contributed by atoms with Crippen molar-refractivity contribution in [3.8, 4) is 11.8 Å². The molecule has 0 radical (unpaired) electrons. The van der Waals surface area contributed by atoms with Crippen molar-refractivity contribution in [2.24, 2.45) is 12.8 Å². The van der Waals surface area contributed by atoms with E-state index >= 15 is 0 Å². The molecule has 1 amide bonds. The van der Waals surface area contributed by atoms with Crippen molar-refractivity contribution >= 4 is 5.91 Å². The Morgan fingerprint density at radius 2 is 2.33 bits per heavy atom. The summed E-state index contributed by atoms with van der Waals surface area (Å²) in [5, 5.41) is 10.1. The Balaban J connectivity index is 2.13. The number of aromatic nitrogens is 3. The van der Waals surface area contributed by atoms with Crippen LogP contribution in [0.1, 0.15) is 21.7 Å². The van der Waals surface area contributed by atoms with Gasteiger partial charge >= 0.3 is 0 Å². The normalized spacial score (nSPS) is 9.86. The SMILES string of the molecule is Cn1cnnc1CNC(=O)c1cc(C#CCN)ccc1F. The summed E-state index contributed by atoms with van der Waals surface area (Å²) in [4.78, 5) is 12.0. The Hall–Kier alpha value is -2.72. The highest BCUT2D eigenvalue weighted by Crippen LogP contribution is 2.10. The molecule has 3 N–H and O–H groups in total. The number of aryl methyl sites for hydroxylation is 1. The first-order chi connectivity index (χ1) is 10.1. The minimum absolute atomic E-state index is 0.0685. The van der Waals surface area contributed by atoms with Crippen molar-refractivity contribution in [2.45, 2.75) is 6.54 Å². The molecule has 0 atom stereocenters. The van der Waals surface area contributed by atoms with Crippen molar-refractivity contribution in [1.29, 1.82) is 0 Å². The number of rotatable bonds is 3. The van der Waals surface area contributed by atoms with E-state index in [0.29, 0.717) is 11.4 Å². The summed E-state index contributed by atoms with van der Waals surface area (Å²) in [6.45, 7) is 0.360. The lowest BCUT2D eigenvalue weighted by Gasteiger charge is -2.06. The molecule has 0 fully saturated rings. The third-order valence-corrected chi connectivity index (χ3v) is 2.76. The Bertz CT molecular complexity index is 714. The van der Waals surface area contributed by atoms with E-state index in [4.69, 9.17) is 5.73 Å². The quantitative estimate of drug-likeness (QED) is 0.789. The maximum Gasteiger partial charge on any atom is 0.254 e. The van der Waals surface area contributed by atoms with E-state index in [1.807, 2.05) is 0 Å². The Kier molecular flexibility index (Phi) is 4.64. The molecular formula is C14H14FN5O. The van der Waals surface area contributed by atoms with Crippen LogP contribution in [-0.2, 0) is 13.6 Å². The number of carbonyl (C=O) groups is 1. The molecule has 1 aromatic carbocycles. The van der Waals surface area contributed by atoms with Crippen molar-refractivity contribution in [3.05, 3.63) is 47.3 Å². The second-order valence-electron chi connectivity index (χ2n) is 4.24. The fourth-order valence-electron chi connectivity index (χ4n) is 1.65. The van der Waals surface area contributed by atoms with Crippen LogP contribution in [0.4, 0.5) is 4.39 Å². The third-order valence-electron chi connectivity index (χ3n) is 2.76. The lowest BCUT2D eigenvalue weighted by molar-refractivity contribution is 0.0945. The fourth-order valence-corrected chi connectivity index (χ4v) is 1.65. The number of carbonyl (C=O) groups excluding carboxylic acids is 1. The number of hydrogen-bond acceptors (Lipinski definition) is 4. The molecule has 2 aromatic rings. The van der Waals surface area contributed by atoms with Crippen LogP contribution in [0.15, 0.2) is 24.5 Å². The molecule has 1 aromatic heterocycles. The Morgan fingerprint density at radius 3 is 3.00 bits per heavy atom. The van der Waals surface area contributed by atoms with Gasteiger partial charge in [0.05, 0.1) is 18.7 Å². The number of halogens is 1. The first-order valence-corrected chi connectivity index (χ1v) is 6.21. The van der Waals surface area contributed by atoms with Gasteiger partial charge in [-0.1, -0.05) is 11.8 Å². The second-order valence-corrected chi connectivity index (χ2v) is 4.24. The predicted octanol–water partition coefficient (Wildman–Crippen LogP) is 0.194. The van der Waals surface area contributed by atoms with Gasteiger partial charge in [0.2, 0.25) is 0 Å². The molecular weight excluding hydrogens is 273 g/mol. The summed E-state index contributed by atoms with van der Waals surface area (Å²) >= 11 is 0. The van der Waals surface area contributed by atoms with E-state index in [2.05, 4.69) is 27.4 Å². The molecule has 0 saturated heterocycles. The van der Waals surface area contributed by atoms with Crippen molar-refractivity contribution in [2.75, 3.05) is 6.54 Å². The minimum Gasteiger partial charge on any atom is -0.345 e. The van der Waals surface area contributed by atoms with Crippen molar-refractivity contribution in [3.63, 3.8) is 0 Å². The van der Waals surface area contributed by atoms with Gasteiger partial charge in [-0.05, 0) is 18.2 Å².